The molecule has 0 amide bonds. The van der Waals surface area contributed by atoms with E-state index in [1.807, 2.05) is 0 Å². The Kier molecular flexibility index (Phi) is 3.62. The fraction of sp³-hybridized carbons (Fsp3) is 0.783. The average molecular weight is 341 g/mol. The van der Waals surface area contributed by atoms with Crippen LogP contribution in [-0.2, 0) is 9.53 Å². The van der Waals surface area contributed by atoms with Gasteiger partial charge in [0.05, 0.1) is 6.61 Å². The van der Waals surface area contributed by atoms with E-state index < -0.39 is 5.60 Å². The minimum atomic E-state index is -0.469. The number of rotatable bonds is 1. The maximum absolute atomic E-state index is 12.9. The second-order valence-electron chi connectivity index (χ2n) is 9.38. The van der Waals surface area contributed by atoms with Crippen LogP contribution in [0.15, 0.2) is 23.8 Å². The number of carbonyl (C=O) groups is 1. The van der Waals surface area contributed by atoms with Gasteiger partial charge in [-0.15, -0.1) is 0 Å². The summed E-state index contributed by atoms with van der Waals surface area (Å²) < 4.78 is 6.31. The number of carbonyl (C=O) groups excluding carboxylic acids is 1. The van der Waals surface area contributed by atoms with Crippen molar-refractivity contribution in [2.45, 2.75) is 76.7 Å². The van der Waals surface area contributed by atoms with Crippen LogP contribution in [0, 0.1) is 29.1 Å². The molecule has 0 aromatic carbocycles. The van der Waals surface area contributed by atoms with Crippen molar-refractivity contribution in [2.75, 3.05) is 6.61 Å². The predicted octanol–water partition coefficient (Wildman–Crippen LogP) is 5.23. The van der Waals surface area contributed by atoms with Gasteiger partial charge in [-0.1, -0.05) is 30.7 Å². The number of ketones is 1. The number of fused-ring (bicyclic) bond motifs is 6. The lowest BCUT2D eigenvalue weighted by Crippen LogP contribution is -2.57. The van der Waals surface area contributed by atoms with Crippen molar-refractivity contribution in [1.82, 2.24) is 0 Å². The number of allylic oxidation sites excluding steroid dienone is 3. The van der Waals surface area contributed by atoms with Crippen molar-refractivity contribution in [3.63, 3.8) is 0 Å². The third-order valence-corrected chi connectivity index (χ3v) is 8.87. The number of hydrogen-bond acceptors (Lipinski definition) is 2. The summed E-state index contributed by atoms with van der Waals surface area (Å²) in [6.45, 7) is 7.57. The highest BCUT2D eigenvalue weighted by Gasteiger charge is 2.69. The Labute approximate surface area is 152 Å². The number of hydrogen-bond donors (Lipinski definition) is 0. The molecular formula is C23H32O2. The Morgan fingerprint density at radius 1 is 1.28 bits per heavy atom. The zero-order valence-electron chi connectivity index (χ0n) is 15.7. The molecule has 1 saturated heterocycles. The van der Waals surface area contributed by atoms with Crippen LogP contribution >= 0.6 is 0 Å². The second-order valence-corrected chi connectivity index (χ2v) is 9.38. The first-order valence-corrected chi connectivity index (χ1v) is 10.7. The molecule has 3 saturated carbocycles. The van der Waals surface area contributed by atoms with Gasteiger partial charge in [-0.3, -0.25) is 4.79 Å². The van der Waals surface area contributed by atoms with Crippen molar-refractivity contribution in [1.29, 1.82) is 0 Å². The summed E-state index contributed by atoms with van der Waals surface area (Å²) in [6, 6.07) is 0. The molecule has 0 bridgehead atoms. The lowest BCUT2D eigenvalue weighted by Gasteiger charge is -2.57. The van der Waals surface area contributed by atoms with Crippen LogP contribution < -0.4 is 0 Å². The summed E-state index contributed by atoms with van der Waals surface area (Å²) in [7, 11) is 0. The fourth-order valence-corrected chi connectivity index (χ4v) is 8.02. The van der Waals surface area contributed by atoms with Gasteiger partial charge >= 0.3 is 0 Å². The van der Waals surface area contributed by atoms with Crippen molar-refractivity contribution in [3.05, 3.63) is 23.8 Å². The van der Waals surface area contributed by atoms with Crippen LogP contribution in [0.25, 0.3) is 0 Å². The van der Waals surface area contributed by atoms with E-state index in [9.17, 15) is 4.79 Å². The Morgan fingerprint density at radius 2 is 2.16 bits per heavy atom. The van der Waals surface area contributed by atoms with E-state index in [4.69, 9.17) is 4.74 Å². The van der Waals surface area contributed by atoms with Crippen LogP contribution in [0.3, 0.4) is 0 Å². The molecule has 5 rings (SSSR count). The van der Waals surface area contributed by atoms with Crippen LogP contribution in [0.5, 0.6) is 0 Å². The Hall–Kier alpha value is -0.890. The molecule has 2 heteroatoms. The average Bonchev–Trinajstić information content (AvgIpc) is 3.17. The molecular weight excluding hydrogens is 308 g/mol. The molecule has 136 valence electrons. The highest BCUT2D eigenvalue weighted by atomic mass is 16.5. The topological polar surface area (TPSA) is 26.3 Å². The number of ether oxygens (including phenoxy) is 1. The molecule has 0 aromatic rings. The van der Waals surface area contributed by atoms with Crippen LogP contribution in [-0.4, -0.2) is 18.0 Å². The fourth-order valence-electron chi connectivity index (χ4n) is 8.02. The summed E-state index contributed by atoms with van der Waals surface area (Å²) in [5, 5.41) is 0. The normalized spacial score (nSPS) is 48.9. The lowest BCUT2D eigenvalue weighted by atomic mass is 9.48. The standard InChI is InChI=1S/C23H32O2/c1-3-22-14-15(2)21-17-7-5-4-6-16(17)8-9-18(21)19(22)10-12-23(22)20(24)11-13-25-23/h6,17-19,21H,2-5,7-14H2,1H3/t17-,18-,19-,21+,22-,23-/m0/s1. The first-order valence-electron chi connectivity index (χ1n) is 10.7. The van der Waals surface area contributed by atoms with Crippen LogP contribution in [0.1, 0.15) is 71.1 Å². The summed E-state index contributed by atoms with van der Waals surface area (Å²) in [4.78, 5) is 12.9. The van der Waals surface area contributed by atoms with Crippen LogP contribution in [0.4, 0.5) is 0 Å². The molecule has 4 aliphatic carbocycles. The predicted molar refractivity (Wildman–Crippen MR) is 99.2 cm³/mol. The van der Waals surface area contributed by atoms with Gasteiger partial charge < -0.3 is 4.74 Å². The molecule has 0 N–H and O–H groups in total. The molecule has 1 heterocycles. The summed E-state index contributed by atoms with van der Waals surface area (Å²) in [5.41, 5.74) is 2.75. The van der Waals surface area contributed by atoms with Crippen molar-refractivity contribution in [3.8, 4) is 0 Å². The molecule has 0 radical (unpaired) electrons. The molecule has 0 unspecified atom stereocenters. The van der Waals surface area contributed by atoms with Crippen LogP contribution in [0.2, 0.25) is 0 Å². The minimum Gasteiger partial charge on any atom is -0.366 e. The summed E-state index contributed by atoms with van der Waals surface area (Å²) in [6.07, 6.45) is 14.0. The third-order valence-electron chi connectivity index (χ3n) is 8.87. The van der Waals surface area contributed by atoms with E-state index in [1.54, 1.807) is 5.57 Å². The molecule has 2 nitrogen and oxygen atoms in total. The molecule has 25 heavy (non-hydrogen) atoms. The van der Waals surface area contributed by atoms with Crippen molar-refractivity contribution in [2.24, 2.45) is 29.1 Å². The van der Waals surface area contributed by atoms with Gasteiger partial charge in [0, 0.05) is 11.8 Å². The van der Waals surface area contributed by atoms with Gasteiger partial charge in [-0.2, -0.15) is 0 Å². The smallest absolute Gasteiger partial charge is 0.167 e. The highest BCUT2D eigenvalue weighted by Crippen LogP contribution is 2.69. The van der Waals surface area contributed by atoms with Gasteiger partial charge in [0.2, 0.25) is 0 Å². The van der Waals surface area contributed by atoms with Gasteiger partial charge in [0.1, 0.15) is 5.60 Å². The van der Waals surface area contributed by atoms with Gasteiger partial charge in [-0.05, 0) is 81.5 Å². The Balaban J connectivity index is 1.56. The van der Waals surface area contributed by atoms with E-state index in [0.717, 1.165) is 31.1 Å². The monoisotopic (exact) mass is 340 g/mol. The van der Waals surface area contributed by atoms with E-state index in [0.29, 0.717) is 30.6 Å². The molecule has 5 aliphatic rings. The van der Waals surface area contributed by atoms with E-state index in [-0.39, 0.29) is 5.41 Å². The van der Waals surface area contributed by atoms with Crippen molar-refractivity contribution >= 4 is 5.78 Å². The maximum Gasteiger partial charge on any atom is 0.167 e. The van der Waals surface area contributed by atoms with Gasteiger partial charge in [0.25, 0.3) is 0 Å². The quantitative estimate of drug-likeness (QED) is 0.611. The molecule has 6 atom stereocenters. The zero-order chi connectivity index (χ0) is 17.2. The minimum absolute atomic E-state index is 0.0364. The SMILES string of the molecule is C=C1C[C@@]2(CC)[C@@H](CC[C@@]23OCCC3=O)[C@@H]2CCC3=CCCC[C@@H]3[C@@H]12. The first kappa shape index (κ1) is 16.3. The maximum atomic E-state index is 12.9. The molecule has 1 spiro atoms. The summed E-state index contributed by atoms with van der Waals surface area (Å²) in [5.74, 6) is 3.23. The highest BCUT2D eigenvalue weighted by molar-refractivity contribution is 5.90. The summed E-state index contributed by atoms with van der Waals surface area (Å²) >= 11 is 0. The first-order chi connectivity index (χ1) is 12.1. The largest absolute Gasteiger partial charge is 0.366 e. The van der Waals surface area contributed by atoms with E-state index >= 15 is 0 Å². The van der Waals surface area contributed by atoms with Crippen molar-refractivity contribution < 1.29 is 9.53 Å². The van der Waals surface area contributed by atoms with E-state index in [1.165, 1.54) is 44.1 Å². The van der Waals surface area contributed by atoms with Gasteiger partial charge in [0.15, 0.2) is 5.78 Å². The Morgan fingerprint density at radius 3 is 2.92 bits per heavy atom. The second kappa shape index (κ2) is 5.55. The molecule has 1 aliphatic heterocycles. The molecule has 4 fully saturated rings. The lowest BCUT2D eigenvalue weighted by molar-refractivity contribution is -0.155. The van der Waals surface area contributed by atoms with Gasteiger partial charge in [-0.25, -0.2) is 0 Å². The number of Topliss-reactive ketones (excluding diaryl/α,β-unsaturated/α-hetero) is 1. The Bertz CT molecular complexity index is 646. The van der Waals surface area contributed by atoms with E-state index in [2.05, 4.69) is 19.6 Å². The third kappa shape index (κ3) is 1.93. The molecule has 0 aromatic heterocycles. The zero-order valence-corrected chi connectivity index (χ0v) is 15.7.